The summed E-state index contributed by atoms with van der Waals surface area (Å²) in [5.41, 5.74) is 3.66. The van der Waals surface area contributed by atoms with Crippen LogP contribution in [0, 0.1) is 0 Å². The molecule has 2 amide bonds. The third kappa shape index (κ3) is 4.05. The minimum absolute atomic E-state index is 0.0288. The number of hydrogen-bond acceptors (Lipinski definition) is 5. The van der Waals surface area contributed by atoms with Gasteiger partial charge >= 0.3 is 5.97 Å². The van der Waals surface area contributed by atoms with Gasteiger partial charge in [-0.2, -0.15) is 0 Å². The van der Waals surface area contributed by atoms with Crippen molar-refractivity contribution >= 4 is 40.3 Å². The predicted molar refractivity (Wildman–Crippen MR) is 121 cm³/mol. The first-order chi connectivity index (χ1) is 15.5. The number of carbonyl (C=O) groups excluding carboxylic acids is 3. The molecular weight excluding hydrogens is 408 g/mol. The fourth-order valence-corrected chi connectivity index (χ4v) is 3.49. The highest BCUT2D eigenvalue weighted by molar-refractivity contribution is 6.32. The van der Waals surface area contributed by atoms with Gasteiger partial charge in [0.1, 0.15) is 11.3 Å². The summed E-state index contributed by atoms with van der Waals surface area (Å²) in [6.45, 7) is 3.55. The second-order valence-corrected chi connectivity index (χ2v) is 7.19. The molecule has 32 heavy (non-hydrogen) atoms. The number of benzene rings is 3. The second kappa shape index (κ2) is 8.93. The van der Waals surface area contributed by atoms with Crippen LogP contribution in [0.3, 0.4) is 0 Å². The van der Waals surface area contributed by atoms with Crippen molar-refractivity contribution in [2.75, 3.05) is 11.6 Å². The lowest BCUT2D eigenvalue weighted by molar-refractivity contribution is -0.150. The van der Waals surface area contributed by atoms with Crippen LogP contribution >= 0.6 is 0 Å². The van der Waals surface area contributed by atoms with Crippen molar-refractivity contribution in [2.24, 2.45) is 0 Å². The molecule has 162 valence electrons. The zero-order chi connectivity index (χ0) is 22.7. The normalized spacial score (nSPS) is 15.7. The maximum absolute atomic E-state index is 13.0. The summed E-state index contributed by atoms with van der Waals surface area (Å²) in [5.74, 6) is -1.12. The summed E-state index contributed by atoms with van der Waals surface area (Å²) >= 11 is 0. The molecule has 0 bridgehead atoms. The van der Waals surface area contributed by atoms with E-state index in [-0.39, 0.29) is 12.2 Å². The molecule has 1 aliphatic rings. The maximum atomic E-state index is 13.0. The quantitative estimate of drug-likeness (QED) is 0.367. The highest BCUT2D eigenvalue weighted by Gasteiger charge is 2.35. The van der Waals surface area contributed by atoms with E-state index < -0.39 is 23.9 Å². The molecule has 1 unspecified atom stereocenters. The van der Waals surface area contributed by atoms with E-state index in [1.165, 1.54) is 11.1 Å². The van der Waals surface area contributed by atoms with E-state index in [1.54, 1.807) is 44.2 Å². The molecule has 0 aliphatic carbocycles. The van der Waals surface area contributed by atoms with Gasteiger partial charge in [-0.05, 0) is 48.9 Å². The van der Waals surface area contributed by atoms with E-state index in [4.69, 9.17) is 9.47 Å². The summed E-state index contributed by atoms with van der Waals surface area (Å²) in [5, 5.41) is 2.90. The van der Waals surface area contributed by atoms with Crippen molar-refractivity contribution in [1.29, 1.82) is 0 Å². The highest BCUT2D eigenvalue weighted by Crippen LogP contribution is 2.32. The molecule has 7 nitrogen and oxygen atoms in total. The molecule has 1 atom stereocenters. The number of esters is 1. The average Bonchev–Trinajstić information content (AvgIpc) is 3.09. The van der Waals surface area contributed by atoms with E-state index in [9.17, 15) is 14.4 Å². The van der Waals surface area contributed by atoms with Crippen molar-refractivity contribution in [3.05, 3.63) is 77.9 Å². The molecule has 1 heterocycles. The first-order valence-electron chi connectivity index (χ1n) is 10.3. The van der Waals surface area contributed by atoms with E-state index in [0.29, 0.717) is 17.0 Å². The van der Waals surface area contributed by atoms with Crippen LogP contribution < -0.4 is 15.2 Å². The minimum atomic E-state index is -0.859. The van der Waals surface area contributed by atoms with E-state index >= 15 is 0 Å². The Balaban J connectivity index is 1.77. The number of ether oxygens (including phenoxy) is 2. The Morgan fingerprint density at radius 2 is 1.75 bits per heavy atom. The van der Waals surface area contributed by atoms with Crippen LogP contribution in [-0.4, -0.2) is 30.5 Å². The zero-order valence-electron chi connectivity index (χ0n) is 17.7. The number of anilines is 1. The Morgan fingerprint density at radius 3 is 2.50 bits per heavy atom. The van der Waals surface area contributed by atoms with Crippen molar-refractivity contribution in [3.63, 3.8) is 0 Å². The topological polar surface area (TPSA) is 84.9 Å². The van der Waals surface area contributed by atoms with Gasteiger partial charge in [0.2, 0.25) is 0 Å². The number of rotatable bonds is 6. The van der Waals surface area contributed by atoms with Crippen molar-refractivity contribution in [3.8, 4) is 5.75 Å². The van der Waals surface area contributed by atoms with Gasteiger partial charge in [-0.3, -0.25) is 15.0 Å². The number of nitrogens with one attached hydrogen (secondary N) is 1. The average molecular weight is 430 g/mol. The lowest BCUT2D eigenvalue weighted by Crippen LogP contribution is -2.35. The van der Waals surface area contributed by atoms with Crippen LogP contribution in [0.1, 0.15) is 19.4 Å². The number of fused-ring (bicyclic) bond motifs is 1. The van der Waals surface area contributed by atoms with Gasteiger partial charge in [0.05, 0.1) is 12.3 Å². The van der Waals surface area contributed by atoms with Gasteiger partial charge in [0.25, 0.3) is 11.8 Å². The largest absolute Gasteiger partial charge is 0.478 e. The number of hydrazine groups is 1. The maximum Gasteiger partial charge on any atom is 0.347 e. The van der Waals surface area contributed by atoms with Crippen LogP contribution in [0.4, 0.5) is 5.69 Å². The Morgan fingerprint density at radius 1 is 1.03 bits per heavy atom. The second-order valence-electron chi connectivity index (χ2n) is 7.19. The Labute approximate surface area is 185 Å². The van der Waals surface area contributed by atoms with E-state index in [0.717, 1.165) is 10.8 Å². The van der Waals surface area contributed by atoms with Crippen LogP contribution in [0.5, 0.6) is 5.75 Å². The first kappa shape index (κ1) is 21.1. The molecule has 0 radical (unpaired) electrons. The molecule has 7 heteroatoms. The lowest BCUT2D eigenvalue weighted by Gasteiger charge is -2.17. The molecule has 1 N–H and O–H groups in total. The van der Waals surface area contributed by atoms with Crippen LogP contribution in [0.15, 0.2) is 72.3 Å². The fourth-order valence-electron chi connectivity index (χ4n) is 3.49. The standard InChI is InChI=1S/C25H22N2O5/c1-3-31-25(30)16(2)32-22-14-13-17-9-7-8-12-19(17)20(22)15-21-23(28)26-27(24(21)29)18-10-5-4-6-11-18/h4-16H,3H2,1-2H3,(H,26,28). The summed E-state index contributed by atoms with van der Waals surface area (Å²) in [4.78, 5) is 37.8. The smallest absolute Gasteiger partial charge is 0.347 e. The van der Waals surface area contributed by atoms with Gasteiger partial charge in [-0.15, -0.1) is 0 Å². The molecular formula is C25H22N2O5. The molecule has 1 saturated heterocycles. The Kier molecular flexibility index (Phi) is 5.89. The third-order valence-electron chi connectivity index (χ3n) is 5.05. The van der Waals surface area contributed by atoms with Crippen LogP contribution in [0.2, 0.25) is 0 Å². The molecule has 4 rings (SSSR count). The SMILES string of the molecule is CCOC(=O)C(C)Oc1ccc2ccccc2c1C=C1C(=O)NN(c2ccccc2)C1=O. The summed E-state index contributed by atoms with van der Waals surface area (Å²) in [7, 11) is 0. The molecule has 0 saturated carbocycles. The molecule has 0 spiro atoms. The van der Waals surface area contributed by atoms with Crippen molar-refractivity contribution in [1.82, 2.24) is 5.43 Å². The summed E-state index contributed by atoms with van der Waals surface area (Å²) in [6, 6.07) is 20.0. The number of hydrogen-bond donors (Lipinski definition) is 1. The minimum Gasteiger partial charge on any atom is -0.478 e. The highest BCUT2D eigenvalue weighted by atomic mass is 16.6. The number of nitrogens with zero attached hydrogens (tertiary/aromatic N) is 1. The monoisotopic (exact) mass is 430 g/mol. The molecule has 0 aromatic heterocycles. The van der Waals surface area contributed by atoms with Crippen LogP contribution in [0.25, 0.3) is 16.8 Å². The van der Waals surface area contributed by atoms with Gasteiger partial charge in [0.15, 0.2) is 6.10 Å². The van der Waals surface area contributed by atoms with Crippen molar-refractivity contribution < 1.29 is 23.9 Å². The van der Waals surface area contributed by atoms with Gasteiger partial charge in [-0.1, -0.05) is 48.5 Å². The number of amides is 2. The summed E-state index contributed by atoms with van der Waals surface area (Å²) < 4.78 is 10.9. The molecule has 1 aliphatic heterocycles. The van der Waals surface area contributed by atoms with Gasteiger partial charge in [0, 0.05) is 5.56 Å². The zero-order valence-corrected chi connectivity index (χ0v) is 17.7. The number of para-hydroxylation sites is 1. The number of carbonyl (C=O) groups is 3. The lowest BCUT2D eigenvalue weighted by atomic mass is 10.0. The van der Waals surface area contributed by atoms with Gasteiger partial charge < -0.3 is 9.47 Å². The Hall–Kier alpha value is -4.13. The van der Waals surface area contributed by atoms with E-state index in [2.05, 4.69) is 5.43 Å². The molecule has 3 aromatic carbocycles. The Bertz CT molecular complexity index is 1220. The van der Waals surface area contributed by atoms with Crippen molar-refractivity contribution in [2.45, 2.75) is 20.0 Å². The first-order valence-corrected chi connectivity index (χ1v) is 10.3. The molecule has 3 aromatic rings. The van der Waals surface area contributed by atoms with Crippen LogP contribution in [-0.2, 0) is 19.1 Å². The van der Waals surface area contributed by atoms with Gasteiger partial charge in [-0.25, -0.2) is 9.80 Å². The fraction of sp³-hybridized carbons (Fsp3) is 0.160. The predicted octanol–water partition coefficient (Wildman–Crippen LogP) is 3.63. The summed E-state index contributed by atoms with van der Waals surface area (Å²) in [6.07, 6.45) is 0.651. The third-order valence-corrected chi connectivity index (χ3v) is 5.05. The van der Waals surface area contributed by atoms with E-state index in [1.807, 2.05) is 36.4 Å². The molecule has 1 fully saturated rings.